The highest BCUT2D eigenvalue weighted by Crippen LogP contribution is 2.17. The molecule has 1 aromatic carbocycles. The number of hydrogen-bond acceptors (Lipinski definition) is 4. The van der Waals surface area contributed by atoms with E-state index in [9.17, 15) is 4.79 Å². The zero-order valence-electron chi connectivity index (χ0n) is 12.7. The molecule has 0 aliphatic carbocycles. The number of hydrogen-bond donors (Lipinski definition) is 2. The number of nitrogens with one attached hydrogen (secondary N) is 2. The molecule has 2 rings (SSSR count). The number of anilines is 2. The number of carbonyl (C=O) groups excluding carboxylic acids is 1. The van der Waals surface area contributed by atoms with E-state index in [1.54, 1.807) is 12.1 Å². The van der Waals surface area contributed by atoms with Crippen molar-refractivity contribution in [1.29, 1.82) is 5.26 Å². The van der Waals surface area contributed by atoms with Gasteiger partial charge in [0.25, 0.3) is 5.91 Å². The van der Waals surface area contributed by atoms with Gasteiger partial charge in [0, 0.05) is 23.1 Å². The number of halogens is 1. The number of aryl methyl sites for hydroxylation is 2. The van der Waals surface area contributed by atoms with Gasteiger partial charge in [-0.2, -0.15) is 5.26 Å². The van der Waals surface area contributed by atoms with Gasteiger partial charge in [-0.05, 0) is 37.6 Å². The lowest BCUT2D eigenvalue weighted by Gasteiger charge is -2.08. The van der Waals surface area contributed by atoms with Crippen LogP contribution in [0, 0.1) is 25.2 Å². The molecule has 0 saturated heterocycles. The predicted octanol–water partition coefficient (Wildman–Crippen LogP) is 3.81. The maximum Gasteiger partial charge on any atom is 0.267 e. The summed E-state index contributed by atoms with van der Waals surface area (Å²) in [5.41, 5.74) is 2.64. The number of nitriles is 1. The Kier molecular flexibility index (Phi) is 5.34. The van der Waals surface area contributed by atoms with E-state index in [1.165, 1.54) is 12.4 Å². The standard InChI is InChI=1S/C17H15ClN4O/c1-11-3-4-15(12(2)7-11)22-17(23)13(9-19)10-21-16-8-14(18)5-6-20-16/h3-8,10H,1-2H3,(H,20,21)(H,22,23)/b13-10-. The molecule has 116 valence electrons. The molecule has 6 heteroatoms. The Labute approximate surface area is 139 Å². The zero-order valence-corrected chi connectivity index (χ0v) is 13.5. The van der Waals surface area contributed by atoms with Crippen molar-refractivity contribution in [2.24, 2.45) is 0 Å². The van der Waals surface area contributed by atoms with Gasteiger partial charge in [-0.15, -0.1) is 0 Å². The number of nitrogens with zero attached hydrogens (tertiary/aromatic N) is 2. The summed E-state index contributed by atoms with van der Waals surface area (Å²) in [7, 11) is 0. The molecule has 23 heavy (non-hydrogen) atoms. The minimum absolute atomic E-state index is 0.0632. The van der Waals surface area contributed by atoms with Crippen molar-refractivity contribution in [3.8, 4) is 6.07 Å². The van der Waals surface area contributed by atoms with Crippen LogP contribution in [0.15, 0.2) is 48.3 Å². The number of pyridine rings is 1. The normalized spacial score (nSPS) is 10.8. The second-order valence-electron chi connectivity index (χ2n) is 4.95. The number of amides is 1. The van der Waals surface area contributed by atoms with Crippen molar-refractivity contribution in [3.05, 3.63) is 64.5 Å². The lowest BCUT2D eigenvalue weighted by atomic mass is 10.1. The average Bonchev–Trinajstić information content (AvgIpc) is 2.51. The fourth-order valence-corrected chi connectivity index (χ4v) is 2.08. The molecule has 1 amide bonds. The first-order chi connectivity index (χ1) is 11.0. The maximum absolute atomic E-state index is 12.2. The molecule has 0 fully saturated rings. The minimum Gasteiger partial charge on any atom is -0.345 e. The van der Waals surface area contributed by atoms with E-state index in [2.05, 4.69) is 15.6 Å². The molecule has 0 aliphatic heterocycles. The van der Waals surface area contributed by atoms with E-state index in [-0.39, 0.29) is 5.57 Å². The second-order valence-corrected chi connectivity index (χ2v) is 5.38. The molecule has 0 bridgehead atoms. The number of aromatic nitrogens is 1. The predicted molar refractivity (Wildman–Crippen MR) is 91.1 cm³/mol. The van der Waals surface area contributed by atoms with E-state index in [0.29, 0.717) is 16.5 Å². The Morgan fingerprint density at radius 3 is 2.74 bits per heavy atom. The highest BCUT2D eigenvalue weighted by molar-refractivity contribution is 6.30. The quantitative estimate of drug-likeness (QED) is 0.661. The Balaban J connectivity index is 2.12. The van der Waals surface area contributed by atoms with Crippen LogP contribution >= 0.6 is 11.6 Å². The summed E-state index contributed by atoms with van der Waals surface area (Å²) in [4.78, 5) is 16.2. The second kappa shape index (κ2) is 7.43. The SMILES string of the molecule is Cc1ccc(NC(=O)/C(C#N)=C\Nc2cc(Cl)ccn2)c(C)c1. The summed E-state index contributed by atoms with van der Waals surface area (Å²) in [6.45, 7) is 3.87. The van der Waals surface area contributed by atoms with Crippen molar-refractivity contribution in [2.75, 3.05) is 10.6 Å². The van der Waals surface area contributed by atoms with Crippen molar-refractivity contribution in [1.82, 2.24) is 4.98 Å². The average molecular weight is 327 g/mol. The van der Waals surface area contributed by atoms with Gasteiger partial charge < -0.3 is 10.6 Å². The van der Waals surface area contributed by atoms with E-state index in [4.69, 9.17) is 16.9 Å². The highest BCUT2D eigenvalue weighted by Gasteiger charge is 2.10. The summed E-state index contributed by atoms with van der Waals surface area (Å²) >= 11 is 5.85. The molecule has 0 unspecified atom stereocenters. The van der Waals surface area contributed by atoms with Gasteiger partial charge >= 0.3 is 0 Å². The molecule has 5 nitrogen and oxygen atoms in total. The first-order valence-corrected chi connectivity index (χ1v) is 7.24. The lowest BCUT2D eigenvalue weighted by molar-refractivity contribution is -0.112. The van der Waals surface area contributed by atoms with Crippen LogP contribution in [-0.4, -0.2) is 10.9 Å². The largest absolute Gasteiger partial charge is 0.345 e. The Bertz CT molecular complexity index is 808. The van der Waals surface area contributed by atoms with Crippen LogP contribution in [0.5, 0.6) is 0 Å². The van der Waals surface area contributed by atoms with Gasteiger partial charge in [-0.3, -0.25) is 4.79 Å². The van der Waals surface area contributed by atoms with Crippen LogP contribution in [0.1, 0.15) is 11.1 Å². The van der Waals surface area contributed by atoms with Gasteiger partial charge in [0.1, 0.15) is 17.5 Å². The topological polar surface area (TPSA) is 77.8 Å². The number of carbonyl (C=O) groups is 1. The first kappa shape index (κ1) is 16.5. The number of benzene rings is 1. The first-order valence-electron chi connectivity index (χ1n) is 6.86. The molecule has 0 aliphatic rings. The molecule has 2 aromatic rings. The summed E-state index contributed by atoms with van der Waals surface area (Å²) in [6, 6.07) is 10.8. The molecule has 1 heterocycles. The highest BCUT2D eigenvalue weighted by atomic mass is 35.5. The van der Waals surface area contributed by atoms with Gasteiger partial charge in [-0.25, -0.2) is 4.98 Å². The van der Waals surface area contributed by atoms with Gasteiger partial charge in [-0.1, -0.05) is 29.3 Å². The summed E-state index contributed by atoms with van der Waals surface area (Å²) in [5.74, 6) is -0.0430. The molecular formula is C17H15ClN4O. The van der Waals surface area contributed by atoms with Crippen molar-refractivity contribution >= 4 is 29.0 Å². The van der Waals surface area contributed by atoms with Crippen molar-refractivity contribution in [2.45, 2.75) is 13.8 Å². The molecule has 1 aromatic heterocycles. The van der Waals surface area contributed by atoms with E-state index >= 15 is 0 Å². The molecule has 0 radical (unpaired) electrons. The third-order valence-corrected chi connectivity index (χ3v) is 3.32. The fraction of sp³-hybridized carbons (Fsp3) is 0.118. The Hall–Kier alpha value is -2.84. The minimum atomic E-state index is -0.492. The molecule has 2 N–H and O–H groups in total. The Morgan fingerprint density at radius 1 is 1.30 bits per heavy atom. The summed E-state index contributed by atoms with van der Waals surface area (Å²) in [5, 5.41) is 15.2. The van der Waals surface area contributed by atoms with Crippen LogP contribution in [0.3, 0.4) is 0 Å². The van der Waals surface area contributed by atoms with Gasteiger partial charge in [0.15, 0.2) is 0 Å². The van der Waals surface area contributed by atoms with Crippen molar-refractivity contribution < 1.29 is 4.79 Å². The third kappa shape index (κ3) is 4.56. The van der Waals surface area contributed by atoms with Crippen LogP contribution in [0.25, 0.3) is 0 Å². The molecular weight excluding hydrogens is 312 g/mol. The van der Waals surface area contributed by atoms with E-state index in [0.717, 1.165) is 11.1 Å². The van der Waals surface area contributed by atoms with Crippen molar-refractivity contribution in [3.63, 3.8) is 0 Å². The smallest absolute Gasteiger partial charge is 0.267 e. The monoisotopic (exact) mass is 326 g/mol. The lowest BCUT2D eigenvalue weighted by Crippen LogP contribution is -2.15. The van der Waals surface area contributed by atoms with Gasteiger partial charge in [0.2, 0.25) is 0 Å². The third-order valence-electron chi connectivity index (χ3n) is 3.08. The Morgan fingerprint density at radius 2 is 2.09 bits per heavy atom. The summed E-state index contributed by atoms with van der Waals surface area (Å²) in [6.07, 6.45) is 2.83. The fourth-order valence-electron chi connectivity index (χ4n) is 1.92. The van der Waals surface area contributed by atoms with Crippen LogP contribution in [0.4, 0.5) is 11.5 Å². The van der Waals surface area contributed by atoms with Gasteiger partial charge in [0.05, 0.1) is 0 Å². The van der Waals surface area contributed by atoms with Crippen LogP contribution in [0.2, 0.25) is 5.02 Å². The summed E-state index contributed by atoms with van der Waals surface area (Å²) < 4.78 is 0. The molecule has 0 atom stereocenters. The van der Waals surface area contributed by atoms with E-state index < -0.39 is 5.91 Å². The maximum atomic E-state index is 12.2. The zero-order chi connectivity index (χ0) is 16.8. The van der Waals surface area contributed by atoms with Crippen LogP contribution in [-0.2, 0) is 4.79 Å². The molecule has 0 saturated carbocycles. The molecule has 0 spiro atoms. The van der Waals surface area contributed by atoms with E-state index in [1.807, 2.05) is 38.1 Å². The number of rotatable bonds is 4. The van der Waals surface area contributed by atoms with Crippen LogP contribution < -0.4 is 10.6 Å².